The van der Waals surface area contributed by atoms with Gasteiger partial charge in [-0.25, -0.2) is 9.59 Å². The van der Waals surface area contributed by atoms with Gasteiger partial charge in [0.1, 0.15) is 80.5 Å². The van der Waals surface area contributed by atoms with E-state index in [0.717, 1.165) is 165 Å². The van der Waals surface area contributed by atoms with Gasteiger partial charge in [-0.05, 0) is 285 Å². The smallest absolute Gasteiger partial charge is 0.337 e. The van der Waals surface area contributed by atoms with Crippen molar-refractivity contribution < 1.29 is 104 Å². The molecule has 4 saturated heterocycles. The topological polar surface area (TPSA) is 278 Å². The first-order valence-corrected chi connectivity index (χ1v) is 45.5. The number of amides is 4. The van der Waals surface area contributed by atoms with Crippen molar-refractivity contribution in [3.8, 4) is 69.0 Å². The van der Waals surface area contributed by atoms with Crippen molar-refractivity contribution in [3.05, 3.63) is 192 Å². The summed E-state index contributed by atoms with van der Waals surface area (Å²) in [6.07, 6.45) is 24.1. The lowest BCUT2D eigenvalue weighted by Gasteiger charge is -2.35. The average molecular weight is 1710 g/mol. The Balaban J connectivity index is 0.802. The van der Waals surface area contributed by atoms with E-state index in [4.69, 9.17) is 75.2 Å². The molecule has 14 atom stereocenters. The van der Waals surface area contributed by atoms with Crippen LogP contribution in [0.15, 0.2) is 167 Å². The van der Waals surface area contributed by atoms with Crippen molar-refractivity contribution in [1.29, 1.82) is 0 Å². The number of epoxide rings is 4. The van der Waals surface area contributed by atoms with Gasteiger partial charge in [-0.15, -0.1) is 0 Å². The van der Waals surface area contributed by atoms with Crippen LogP contribution in [0, 0.1) is 23.7 Å². The lowest BCUT2D eigenvalue weighted by molar-refractivity contribution is -0.150. The molecule has 8 heterocycles. The molecule has 9 aromatic carbocycles. The second-order valence-corrected chi connectivity index (χ2v) is 36.0. The molecule has 21 rings (SSSR count). The predicted octanol–water partition coefficient (Wildman–Crippen LogP) is 21.6. The Kier molecular flexibility index (Phi) is 22.5. The fourth-order valence-electron chi connectivity index (χ4n) is 20.7. The number of hydrogen-bond donors (Lipinski definition) is 0. The molecule has 4 saturated carbocycles. The first kappa shape index (κ1) is 81.3. The standard InChI is InChI=1S/C102H102N2O22/c1-3-37-113-101(109)95(81-19-9-39-111-81)103-97(105)77-49-83(123-65-29-21-61(22-30-65)119-69-15-5-11-57(41-69)45-73-53-115-73)89-91-85(125-67-33-25-63(26-34-67)121-71-17-7-13-59(43-71)47-75-55-117-75)51-79-88-80(100(108)104(99(79)107)96(82-20-10-40-112-82)102(110)114-38-4-2)52-86(126-68-35-27-64(28-36-68)122-72-18-8-14-60(44-72)48-76-56-118-76)92(94(88)91)90-84(50-78(98(103)106)87(77)93(89)90)124-66-31-23-62(24-32-66)120-70-16-6-12-58(42-70)46-74-54-116-74/h9-10,19-36,39-40,49-52,57-60,69-76,95-96H,3-8,11-18,37-38,41-48,53-56H2,1-2H3. The molecular formula is C102H102N2O22. The fraction of sp³-hybridized carbons (Fsp3) is 0.431. The van der Waals surface area contributed by atoms with Crippen LogP contribution in [-0.4, -0.2) is 134 Å². The molecule has 0 bridgehead atoms. The van der Waals surface area contributed by atoms with Gasteiger partial charge in [-0.2, -0.15) is 0 Å². The van der Waals surface area contributed by atoms with Crippen LogP contribution in [0.5, 0.6) is 69.0 Å². The molecular weight excluding hydrogens is 1610 g/mol. The van der Waals surface area contributed by atoms with Gasteiger partial charge in [0.2, 0.25) is 0 Å². The summed E-state index contributed by atoms with van der Waals surface area (Å²) in [6, 6.07) is 37.9. The third-order valence-corrected chi connectivity index (χ3v) is 26.8. The number of esters is 2. The fourth-order valence-corrected chi connectivity index (χ4v) is 20.7. The molecule has 2 aromatic heterocycles. The Bertz CT molecular complexity index is 5230. The van der Waals surface area contributed by atoms with Crippen molar-refractivity contribution in [3.63, 3.8) is 0 Å². The van der Waals surface area contributed by atoms with E-state index < -0.39 is 47.7 Å². The molecule has 8 fully saturated rings. The van der Waals surface area contributed by atoms with Gasteiger partial charge in [0.25, 0.3) is 23.6 Å². The Hall–Kier alpha value is -11.7. The normalized spacial score (nSPS) is 24.7. The summed E-state index contributed by atoms with van der Waals surface area (Å²) in [7, 11) is 0. The Labute approximate surface area is 728 Å². The number of fused-ring (bicyclic) bond motifs is 2. The zero-order valence-corrected chi connectivity index (χ0v) is 70.8. The van der Waals surface area contributed by atoms with Crippen LogP contribution in [-0.2, 0) is 38.0 Å². The second-order valence-electron chi connectivity index (χ2n) is 36.0. The van der Waals surface area contributed by atoms with Crippen molar-refractivity contribution in [1.82, 2.24) is 9.80 Å². The van der Waals surface area contributed by atoms with Gasteiger partial charge in [-0.1, -0.05) is 39.5 Å². The van der Waals surface area contributed by atoms with Gasteiger partial charge in [0.05, 0.1) is 123 Å². The van der Waals surface area contributed by atoms with Gasteiger partial charge < -0.3 is 75.2 Å². The maximum atomic E-state index is 16.7. The summed E-state index contributed by atoms with van der Waals surface area (Å²) >= 11 is 0. The predicted molar refractivity (Wildman–Crippen MR) is 463 cm³/mol. The van der Waals surface area contributed by atoms with E-state index in [1.807, 2.05) is 62.4 Å². The number of nitrogens with zero attached hydrogens (tertiary/aromatic N) is 2. The van der Waals surface area contributed by atoms with Crippen LogP contribution in [0.3, 0.4) is 0 Å². The highest BCUT2D eigenvalue weighted by molar-refractivity contribution is 6.45. The zero-order valence-electron chi connectivity index (χ0n) is 70.8. The SMILES string of the molecule is CCCOC(=O)C(c1ccco1)N1C(=O)c2cc(Oc3ccc(OC4CCCC(CC5CO5)C4)cc3)c3c4c(Oc5ccc(OC6CCCC(CC7CO7)C6)cc5)cc5c6c(cc(Oc7ccc(OC8CCCC(CC9CO9)C8)cc7)c(c7c(Oc8ccc(OC9CCCC(CC%10CO%10)C9)cc8)cc(c2c37)C1=O)c64)C(=O)N(C(C(=O)OCCC)c1ccco1)C5=O. The Morgan fingerprint density at radius 2 is 0.595 bits per heavy atom. The first-order chi connectivity index (χ1) is 61.7. The van der Waals surface area contributed by atoms with E-state index in [1.165, 1.54) is 24.7 Å². The summed E-state index contributed by atoms with van der Waals surface area (Å²) in [5.74, 6) is -0.0257. The minimum absolute atomic E-state index is 0.0173. The molecule has 652 valence electrons. The largest absolute Gasteiger partial charge is 0.490 e. The molecule has 0 N–H and O–H groups in total. The van der Waals surface area contributed by atoms with E-state index in [1.54, 1.807) is 84.9 Å². The molecule has 126 heavy (non-hydrogen) atoms. The summed E-state index contributed by atoms with van der Waals surface area (Å²) in [4.78, 5) is 98.5. The molecule has 4 amide bonds. The zero-order chi connectivity index (χ0) is 85.2. The van der Waals surface area contributed by atoms with E-state index in [-0.39, 0.29) is 160 Å². The summed E-state index contributed by atoms with van der Waals surface area (Å²) in [5.41, 5.74) is -0.311. The molecule has 11 aromatic rings. The van der Waals surface area contributed by atoms with Crippen LogP contribution in [0.2, 0.25) is 0 Å². The highest BCUT2D eigenvalue weighted by Gasteiger charge is 2.50. The molecule has 14 unspecified atom stereocenters. The van der Waals surface area contributed by atoms with Gasteiger partial charge in [-0.3, -0.25) is 29.0 Å². The van der Waals surface area contributed by atoms with E-state index in [0.29, 0.717) is 83.9 Å². The summed E-state index contributed by atoms with van der Waals surface area (Å²) in [6.45, 7) is 6.76. The molecule has 10 aliphatic rings. The summed E-state index contributed by atoms with van der Waals surface area (Å²) < 4.78 is 103. The molecule has 4 aliphatic carbocycles. The number of imide groups is 2. The number of carbonyl (C=O) groups excluding carboxylic acids is 6. The molecule has 0 spiro atoms. The van der Waals surface area contributed by atoms with Crippen LogP contribution in [0.25, 0.3) is 43.1 Å². The number of ether oxygens (including phenoxy) is 14. The third-order valence-electron chi connectivity index (χ3n) is 26.8. The van der Waals surface area contributed by atoms with Gasteiger partial charge in [0.15, 0.2) is 12.1 Å². The number of benzene rings is 9. The van der Waals surface area contributed by atoms with Crippen molar-refractivity contribution >= 4 is 78.7 Å². The number of hydrogen-bond acceptors (Lipinski definition) is 22. The van der Waals surface area contributed by atoms with Crippen LogP contribution < -0.4 is 37.9 Å². The number of carbonyl (C=O) groups is 6. The molecule has 0 radical (unpaired) electrons. The van der Waals surface area contributed by atoms with E-state index in [9.17, 15) is 9.59 Å². The summed E-state index contributed by atoms with van der Waals surface area (Å²) in [5, 5.41) is 1.56. The van der Waals surface area contributed by atoms with E-state index >= 15 is 19.2 Å². The van der Waals surface area contributed by atoms with Crippen molar-refractivity contribution in [2.45, 2.75) is 216 Å². The van der Waals surface area contributed by atoms with E-state index in [2.05, 4.69) is 0 Å². The van der Waals surface area contributed by atoms with Crippen molar-refractivity contribution in [2.75, 3.05) is 39.6 Å². The minimum Gasteiger partial charge on any atom is -0.490 e. The Morgan fingerprint density at radius 1 is 0.341 bits per heavy atom. The highest BCUT2D eigenvalue weighted by Crippen LogP contribution is 2.59. The van der Waals surface area contributed by atoms with Crippen LogP contribution in [0.4, 0.5) is 0 Å². The van der Waals surface area contributed by atoms with Crippen molar-refractivity contribution in [2.24, 2.45) is 23.7 Å². The molecule has 6 aliphatic heterocycles. The maximum Gasteiger partial charge on any atom is 0.337 e. The first-order valence-electron chi connectivity index (χ1n) is 45.5. The monoisotopic (exact) mass is 1710 g/mol. The van der Waals surface area contributed by atoms with Crippen LogP contribution >= 0.6 is 0 Å². The quantitative estimate of drug-likeness (QED) is 0.0119. The molecule has 24 nitrogen and oxygen atoms in total. The lowest BCUT2D eigenvalue weighted by Crippen LogP contribution is -2.46. The third kappa shape index (κ3) is 17.0. The van der Waals surface area contributed by atoms with Crippen LogP contribution in [0.1, 0.15) is 220 Å². The second kappa shape index (κ2) is 34.9. The number of rotatable bonds is 34. The Morgan fingerprint density at radius 3 is 0.825 bits per heavy atom. The molecule has 24 heteroatoms. The minimum atomic E-state index is -1.75. The maximum absolute atomic E-state index is 16.7. The lowest BCUT2D eigenvalue weighted by atomic mass is 9.80. The highest BCUT2D eigenvalue weighted by atomic mass is 16.6. The average Bonchev–Trinajstić information content (AvgIpc) is 1.41. The van der Waals surface area contributed by atoms with Gasteiger partial charge >= 0.3 is 11.9 Å². The number of furan rings is 2. The van der Waals surface area contributed by atoms with Gasteiger partial charge in [0, 0.05) is 43.1 Å².